The lowest BCUT2D eigenvalue weighted by molar-refractivity contribution is -0.118. The van der Waals surface area contributed by atoms with Gasteiger partial charge in [-0.05, 0) is 63.1 Å². The number of hydrogen-bond acceptors (Lipinski definition) is 4. The minimum atomic E-state index is -0.328. The predicted octanol–water partition coefficient (Wildman–Crippen LogP) is 4.53. The van der Waals surface area contributed by atoms with E-state index in [1.54, 1.807) is 25.1 Å². The molecule has 6 heteroatoms. The maximum Gasteiger partial charge on any atom is 0.262 e. The Hall–Kier alpha value is -3.28. The Morgan fingerprint density at radius 1 is 1.00 bits per heavy atom. The molecule has 1 aromatic heterocycles. The fraction of sp³-hybridized carbons (Fsp3) is 0.227. The van der Waals surface area contributed by atoms with E-state index in [9.17, 15) is 9.18 Å². The molecule has 0 spiro atoms. The van der Waals surface area contributed by atoms with Crippen LogP contribution in [0.1, 0.15) is 22.4 Å². The third-order valence-electron chi connectivity index (χ3n) is 4.23. The minimum Gasteiger partial charge on any atom is -0.467 e. The zero-order valence-electron chi connectivity index (χ0n) is 16.3. The first kappa shape index (κ1) is 19.5. The number of hydrogen-bond donors (Lipinski definition) is 1. The molecule has 1 heterocycles. The van der Waals surface area contributed by atoms with Crippen LogP contribution < -0.4 is 10.1 Å². The molecule has 0 fully saturated rings. The van der Waals surface area contributed by atoms with E-state index in [2.05, 4.69) is 15.3 Å². The molecule has 0 bridgehead atoms. The van der Waals surface area contributed by atoms with Gasteiger partial charge in [0.1, 0.15) is 5.82 Å². The molecule has 1 amide bonds. The van der Waals surface area contributed by atoms with Crippen molar-refractivity contribution < 1.29 is 13.9 Å². The smallest absolute Gasteiger partial charge is 0.262 e. The molecule has 0 aliphatic rings. The number of anilines is 1. The number of carbonyl (C=O) groups is 1. The number of halogens is 1. The Kier molecular flexibility index (Phi) is 5.68. The highest BCUT2D eigenvalue weighted by Gasteiger charge is 2.11. The first-order valence-corrected chi connectivity index (χ1v) is 8.94. The van der Waals surface area contributed by atoms with Gasteiger partial charge in [0.2, 0.25) is 5.88 Å². The van der Waals surface area contributed by atoms with Gasteiger partial charge in [0.15, 0.2) is 12.4 Å². The van der Waals surface area contributed by atoms with Crippen molar-refractivity contribution >= 4 is 11.6 Å². The van der Waals surface area contributed by atoms with Gasteiger partial charge in [-0.3, -0.25) is 4.79 Å². The second-order valence-corrected chi connectivity index (χ2v) is 6.79. The second kappa shape index (κ2) is 8.17. The Labute approximate surface area is 163 Å². The molecule has 0 saturated carbocycles. The summed E-state index contributed by atoms with van der Waals surface area (Å²) in [6.45, 7) is 7.57. The summed E-state index contributed by atoms with van der Waals surface area (Å²) in [7, 11) is 0. The van der Waals surface area contributed by atoms with Gasteiger partial charge in [-0.1, -0.05) is 17.7 Å². The molecule has 3 rings (SSSR count). The van der Waals surface area contributed by atoms with Crippen LogP contribution in [-0.4, -0.2) is 22.5 Å². The number of nitrogens with zero attached hydrogens (tertiary/aromatic N) is 2. The van der Waals surface area contributed by atoms with Crippen LogP contribution in [0.15, 0.2) is 42.5 Å². The SMILES string of the molecule is Cc1cc(C)c(NC(=O)COc2cc(C)nc(-c3ccc(F)cc3)n2)c(C)c1. The molecule has 28 heavy (non-hydrogen) atoms. The molecule has 3 aromatic rings. The highest BCUT2D eigenvalue weighted by molar-refractivity contribution is 5.93. The van der Waals surface area contributed by atoms with E-state index in [1.807, 2.05) is 32.9 Å². The van der Waals surface area contributed by atoms with E-state index < -0.39 is 0 Å². The molecule has 0 unspecified atom stereocenters. The Morgan fingerprint density at radius 2 is 1.64 bits per heavy atom. The topological polar surface area (TPSA) is 64.1 Å². The van der Waals surface area contributed by atoms with Gasteiger partial charge in [-0.15, -0.1) is 0 Å². The summed E-state index contributed by atoms with van der Waals surface area (Å²) in [6, 6.07) is 11.6. The Balaban J connectivity index is 1.71. The van der Waals surface area contributed by atoms with Crippen molar-refractivity contribution in [3.8, 4) is 17.3 Å². The lowest BCUT2D eigenvalue weighted by Crippen LogP contribution is -2.21. The Morgan fingerprint density at radius 3 is 2.29 bits per heavy atom. The van der Waals surface area contributed by atoms with E-state index in [0.717, 1.165) is 22.4 Å². The monoisotopic (exact) mass is 379 g/mol. The zero-order chi connectivity index (χ0) is 20.3. The van der Waals surface area contributed by atoms with Gasteiger partial charge in [0.05, 0.1) is 0 Å². The van der Waals surface area contributed by atoms with Crippen LogP contribution >= 0.6 is 0 Å². The lowest BCUT2D eigenvalue weighted by Gasteiger charge is -2.13. The molecule has 0 atom stereocenters. The molecule has 0 saturated heterocycles. The quantitative estimate of drug-likeness (QED) is 0.707. The van der Waals surface area contributed by atoms with Crippen LogP contribution in [-0.2, 0) is 4.79 Å². The van der Waals surface area contributed by atoms with Gasteiger partial charge in [-0.2, -0.15) is 4.98 Å². The van der Waals surface area contributed by atoms with E-state index in [4.69, 9.17) is 4.74 Å². The fourth-order valence-electron chi connectivity index (χ4n) is 3.03. The molecule has 0 radical (unpaired) electrons. The third-order valence-corrected chi connectivity index (χ3v) is 4.23. The van der Waals surface area contributed by atoms with E-state index >= 15 is 0 Å². The molecular weight excluding hydrogens is 357 g/mol. The Bertz CT molecular complexity index is 994. The summed E-state index contributed by atoms with van der Waals surface area (Å²) in [5.74, 6) is 0.112. The molecule has 0 aliphatic carbocycles. The van der Waals surface area contributed by atoms with Crippen LogP contribution in [0.5, 0.6) is 5.88 Å². The van der Waals surface area contributed by atoms with Crippen molar-refractivity contribution in [3.05, 3.63) is 70.7 Å². The summed E-state index contributed by atoms with van der Waals surface area (Å²) in [4.78, 5) is 21.0. The van der Waals surface area contributed by atoms with Gasteiger partial charge < -0.3 is 10.1 Å². The number of amides is 1. The van der Waals surface area contributed by atoms with E-state index in [1.165, 1.54) is 12.1 Å². The van der Waals surface area contributed by atoms with Crippen molar-refractivity contribution in [3.63, 3.8) is 0 Å². The number of rotatable bonds is 5. The van der Waals surface area contributed by atoms with Crippen molar-refractivity contribution in [1.82, 2.24) is 9.97 Å². The number of ether oxygens (including phenoxy) is 1. The largest absolute Gasteiger partial charge is 0.467 e. The maximum atomic E-state index is 13.1. The van der Waals surface area contributed by atoms with Crippen LogP contribution in [0.4, 0.5) is 10.1 Å². The first-order valence-electron chi connectivity index (χ1n) is 8.94. The minimum absolute atomic E-state index is 0.175. The van der Waals surface area contributed by atoms with Crippen molar-refractivity contribution in [2.75, 3.05) is 11.9 Å². The summed E-state index contributed by atoms with van der Waals surface area (Å²) in [5.41, 5.74) is 5.31. The fourth-order valence-corrected chi connectivity index (χ4v) is 3.03. The number of aromatic nitrogens is 2. The first-order chi connectivity index (χ1) is 13.3. The van der Waals surface area contributed by atoms with Crippen LogP contribution in [0.3, 0.4) is 0 Å². The highest BCUT2D eigenvalue weighted by Crippen LogP contribution is 2.22. The van der Waals surface area contributed by atoms with Gasteiger partial charge >= 0.3 is 0 Å². The lowest BCUT2D eigenvalue weighted by atomic mass is 10.1. The van der Waals surface area contributed by atoms with Crippen LogP contribution in [0.2, 0.25) is 0 Å². The molecule has 2 aromatic carbocycles. The highest BCUT2D eigenvalue weighted by atomic mass is 19.1. The standard InChI is InChI=1S/C22H22FN3O2/c1-13-9-14(2)21(15(3)10-13)25-19(27)12-28-20-11-16(4)24-22(26-20)17-5-7-18(23)8-6-17/h5-11H,12H2,1-4H3,(H,25,27). The average Bonchev–Trinajstić information content (AvgIpc) is 2.63. The molecule has 0 aliphatic heterocycles. The van der Waals surface area contributed by atoms with Crippen LogP contribution in [0.25, 0.3) is 11.4 Å². The number of nitrogens with one attached hydrogen (secondary N) is 1. The van der Waals surface area contributed by atoms with E-state index in [0.29, 0.717) is 23.0 Å². The van der Waals surface area contributed by atoms with Crippen LogP contribution in [0, 0.1) is 33.5 Å². The number of aryl methyl sites for hydroxylation is 4. The van der Waals surface area contributed by atoms with Gasteiger partial charge in [0.25, 0.3) is 5.91 Å². The predicted molar refractivity (Wildman–Crippen MR) is 107 cm³/mol. The summed E-state index contributed by atoms with van der Waals surface area (Å²) < 4.78 is 18.7. The average molecular weight is 379 g/mol. The van der Waals surface area contributed by atoms with Crippen molar-refractivity contribution in [2.24, 2.45) is 0 Å². The van der Waals surface area contributed by atoms with E-state index in [-0.39, 0.29) is 18.3 Å². The molecule has 5 nitrogen and oxygen atoms in total. The van der Waals surface area contributed by atoms with Gasteiger partial charge in [0, 0.05) is 23.0 Å². The maximum absolute atomic E-state index is 13.1. The zero-order valence-corrected chi connectivity index (χ0v) is 16.3. The second-order valence-electron chi connectivity index (χ2n) is 6.79. The van der Waals surface area contributed by atoms with Crippen molar-refractivity contribution in [2.45, 2.75) is 27.7 Å². The molecule has 144 valence electrons. The molecule has 1 N–H and O–H groups in total. The summed E-state index contributed by atoms with van der Waals surface area (Å²) in [5, 5.41) is 2.89. The van der Waals surface area contributed by atoms with Crippen molar-refractivity contribution in [1.29, 1.82) is 0 Å². The molecular formula is C22H22FN3O2. The summed E-state index contributed by atoms with van der Waals surface area (Å²) in [6.07, 6.45) is 0. The number of benzene rings is 2. The third kappa shape index (κ3) is 4.71. The summed E-state index contributed by atoms with van der Waals surface area (Å²) >= 11 is 0. The number of carbonyl (C=O) groups excluding carboxylic acids is 1. The van der Waals surface area contributed by atoms with Gasteiger partial charge in [-0.25, -0.2) is 9.37 Å². The normalized spacial score (nSPS) is 10.6.